The van der Waals surface area contributed by atoms with Crippen LogP contribution in [0.3, 0.4) is 0 Å². The van der Waals surface area contributed by atoms with Crippen molar-refractivity contribution in [1.82, 2.24) is 5.32 Å². The molecule has 0 aliphatic carbocycles. The van der Waals surface area contributed by atoms with E-state index in [1.165, 1.54) is 5.56 Å². The highest BCUT2D eigenvalue weighted by molar-refractivity contribution is 7.80. The minimum Gasteiger partial charge on any atom is -0.332 e. The highest BCUT2D eigenvalue weighted by Crippen LogP contribution is 2.06. The largest absolute Gasteiger partial charge is 0.332 e. The summed E-state index contributed by atoms with van der Waals surface area (Å²) in [5, 5.41) is 5.92. The van der Waals surface area contributed by atoms with E-state index in [1.54, 1.807) is 12.1 Å². The lowest BCUT2D eigenvalue weighted by Crippen LogP contribution is -2.34. The number of thiocarbonyl (C=S) groups is 1. The van der Waals surface area contributed by atoms with Crippen molar-refractivity contribution in [3.63, 3.8) is 0 Å². The zero-order valence-corrected chi connectivity index (χ0v) is 12.0. The maximum atomic E-state index is 12.0. The Labute approximate surface area is 124 Å². The summed E-state index contributed by atoms with van der Waals surface area (Å²) in [4.78, 5) is 12.0. The maximum Gasteiger partial charge on any atom is 0.257 e. The van der Waals surface area contributed by atoms with Gasteiger partial charge in [0.25, 0.3) is 5.91 Å². The average molecular weight is 284 g/mol. The zero-order chi connectivity index (χ0) is 14.4. The Morgan fingerprint density at radius 1 is 1.05 bits per heavy atom. The van der Waals surface area contributed by atoms with Gasteiger partial charge < -0.3 is 5.32 Å². The third-order valence-electron chi connectivity index (χ3n) is 2.88. The van der Waals surface area contributed by atoms with Crippen molar-refractivity contribution in [3.8, 4) is 0 Å². The summed E-state index contributed by atoms with van der Waals surface area (Å²) in [5.74, 6) is -0.207. The minimum absolute atomic E-state index is 0.207. The van der Waals surface area contributed by atoms with Crippen molar-refractivity contribution in [2.45, 2.75) is 13.3 Å². The van der Waals surface area contributed by atoms with Gasteiger partial charge in [0.05, 0.1) is 0 Å². The summed E-state index contributed by atoms with van der Waals surface area (Å²) >= 11 is 5.12. The van der Waals surface area contributed by atoms with Crippen LogP contribution in [0.2, 0.25) is 0 Å². The van der Waals surface area contributed by atoms with Gasteiger partial charge in [0.15, 0.2) is 5.11 Å². The Balaban J connectivity index is 1.95. The normalized spacial score (nSPS) is 9.85. The lowest BCUT2D eigenvalue weighted by atomic mass is 10.1. The standard InChI is InChI=1S/C16H16N2OS/c1-2-12-8-10-13(11-9-12)15(19)18-16(20)17-14-6-4-3-5-7-14/h3-11H,2H2,1H3,(H2,17,18,19,20). The fraction of sp³-hybridized carbons (Fsp3) is 0.125. The average Bonchev–Trinajstić information content (AvgIpc) is 2.48. The van der Waals surface area contributed by atoms with E-state index >= 15 is 0 Å². The highest BCUT2D eigenvalue weighted by Gasteiger charge is 2.07. The minimum atomic E-state index is -0.207. The molecule has 0 unspecified atom stereocenters. The van der Waals surface area contributed by atoms with Gasteiger partial charge in [-0.05, 0) is 48.5 Å². The molecule has 2 aromatic rings. The molecule has 2 rings (SSSR count). The second kappa shape index (κ2) is 6.82. The monoisotopic (exact) mass is 284 g/mol. The molecule has 2 aromatic carbocycles. The topological polar surface area (TPSA) is 41.1 Å². The molecule has 0 aromatic heterocycles. The molecule has 0 aliphatic rings. The third kappa shape index (κ3) is 3.90. The lowest BCUT2D eigenvalue weighted by Gasteiger charge is -2.09. The molecule has 1 amide bonds. The summed E-state index contributed by atoms with van der Waals surface area (Å²) in [6.45, 7) is 2.08. The van der Waals surface area contributed by atoms with Gasteiger partial charge >= 0.3 is 0 Å². The van der Waals surface area contributed by atoms with Gasteiger partial charge in [-0.25, -0.2) is 0 Å². The molecular formula is C16H16N2OS. The summed E-state index contributed by atoms with van der Waals surface area (Å²) in [6.07, 6.45) is 0.954. The number of aryl methyl sites for hydroxylation is 1. The quantitative estimate of drug-likeness (QED) is 0.849. The van der Waals surface area contributed by atoms with Gasteiger partial charge in [0.2, 0.25) is 0 Å². The van der Waals surface area contributed by atoms with Crippen LogP contribution in [-0.4, -0.2) is 11.0 Å². The maximum absolute atomic E-state index is 12.0. The Kier molecular flexibility index (Phi) is 4.85. The molecule has 0 fully saturated rings. The zero-order valence-electron chi connectivity index (χ0n) is 11.2. The van der Waals surface area contributed by atoms with Gasteiger partial charge in [0.1, 0.15) is 0 Å². The third-order valence-corrected chi connectivity index (χ3v) is 3.09. The molecule has 4 heteroatoms. The number of nitrogens with one attached hydrogen (secondary N) is 2. The Hall–Kier alpha value is -2.20. The number of benzene rings is 2. The number of para-hydroxylation sites is 1. The Morgan fingerprint density at radius 2 is 1.70 bits per heavy atom. The van der Waals surface area contributed by atoms with Crippen LogP contribution in [0, 0.1) is 0 Å². The predicted molar refractivity (Wildman–Crippen MR) is 85.9 cm³/mol. The predicted octanol–water partition coefficient (Wildman–Crippen LogP) is 3.38. The van der Waals surface area contributed by atoms with Crippen molar-refractivity contribution in [2.75, 3.05) is 5.32 Å². The van der Waals surface area contributed by atoms with Crippen LogP contribution in [0.4, 0.5) is 5.69 Å². The van der Waals surface area contributed by atoms with Gasteiger partial charge in [-0.3, -0.25) is 10.1 Å². The molecule has 3 nitrogen and oxygen atoms in total. The van der Waals surface area contributed by atoms with E-state index in [2.05, 4.69) is 17.6 Å². The summed E-state index contributed by atoms with van der Waals surface area (Å²) in [5.41, 5.74) is 2.64. The second-order valence-corrected chi connectivity index (χ2v) is 4.73. The molecule has 0 aliphatic heterocycles. The summed E-state index contributed by atoms with van der Waals surface area (Å²) < 4.78 is 0. The Morgan fingerprint density at radius 3 is 2.30 bits per heavy atom. The molecule has 20 heavy (non-hydrogen) atoms. The SMILES string of the molecule is CCc1ccc(C(=O)NC(=S)Nc2ccccc2)cc1. The fourth-order valence-corrected chi connectivity index (χ4v) is 1.96. The number of hydrogen-bond donors (Lipinski definition) is 2. The fourth-order valence-electron chi connectivity index (χ4n) is 1.75. The highest BCUT2D eigenvalue weighted by atomic mass is 32.1. The first-order valence-electron chi connectivity index (χ1n) is 6.45. The van der Waals surface area contributed by atoms with Gasteiger partial charge in [-0.15, -0.1) is 0 Å². The second-order valence-electron chi connectivity index (χ2n) is 4.32. The van der Waals surface area contributed by atoms with Crippen molar-refractivity contribution < 1.29 is 4.79 Å². The first-order chi connectivity index (χ1) is 9.69. The van der Waals surface area contributed by atoms with Gasteiger partial charge in [-0.1, -0.05) is 37.3 Å². The number of anilines is 1. The van der Waals surface area contributed by atoms with Crippen LogP contribution in [0.15, 0.2) is 54.6 Å². The van der Waals surface area contributed by atoms with Crippen LogP contribution in [0.25, 0.3) is 0 Å². The van der Waals surface area contributed by atoms with E-state index in [-0.39, 0.29) is 5.91 Å². The van der Waals surface area contributed by atoms with Crippen molar-refractivity contribution in [3.05, 3.63) is 65.7 Å². The number of hydrogen-bond acceptors (Lipinski definition) is 2. The number of amides is 1. The first kappa shape index (κ1) is 14.2. The lowest BCUT2D eigenvalue weighted by molar-refractivity contribution is 0.0977. The van der Waals surface area contributed by atoms with E-state index in [4.69, 9.17) is 12.2 Å². The van der Waals surface area contributed by atoms with Crippen molar-refractivity contribution in [2.24, 2.45) is 0 Å². The van der Waals surface area contributed by atoms with Crippen LogP contribution in [0.1, 0.15) is 22.8 Å². The molecular weight excluding hydrogens is 268 g/mol. The van der Waals surface area contributed by atoms with Crippen LogP contribution < -0.4 is 10.6 Å². The molecule has 0 atom stereocenters. The Bertz CT molecular complexity index is 594. The molecule has 102 valence electrons. The van der Waals surface area contributed by atoms with Crippen LogP contribution in [0.5, 0.6) is 0 Å². The van der Waals surface area contributed by atoms with Crippen molar-refractivity contribution in [1.29, 1.82) is 0 Å². The van der Waals surface area contributed by atoms with Crippen LogP contribution in [-0.2, 0) is 6.42 Å². The van der Waals surface area contributed by atoms with E-state index in [1.807, 2.05) is 42.5 Å². The molecule has 2 N–H and O–H groups in total. The van der Waals surface area contributed by atoms with E-state index in [0.717, 1.165) is 12.1 Å². The summed E-state index contributed by atoms with van der Waals surface area (Å²) in [7, 11) is 0. The number of rotatable bonds is 3. The van der Waals surface area contributed by atoms with E-state index in [0.29, 0.717) is 10.7 Å². The first-order valence-corrected chi connectivity index (χ1v) is 6.86. The molecule has 0 radical (unpaired) electrons. The van der Waals surface area contributed by atoms with Gasteiger partial charge in [-0.2, -0.15) is 0 Å². The number of carbonyl (C=O) groups is 1. The number of carbonyl (C=O) groups excluding carboxylic acids is 1. The summed E-state index contributed by atoms with van der Waals surface area (Å²) in [6, 6.07) is 17.0. The van der Waals surface area contributed by atoms with Crippen LogP contribution >= 0.6 is 12.2 Å². The van der Waals surface area contributed by atoms with E-state index < -0.39 is 0 Å². The molecule has 0 saturated carbocycles. The smallest absolute Gasteiger partial charge is 0.257 e. The molecule has 0 spiro atoms. The molecule has 0 bridgehead atoms. The van der Waals surface area contributed by atoms with Crippen molar-refractivity contribution >= 4 is 28.9 Å². The van der Waals surface area contributed by atoms with E-state index in [9.17, 15) is 4.79 Å². The molecule has 0 heterocycles. The van der Waals surface area contributed by atoms with Gasteiger partial charge in [0, 0.05) is 11.3 Å². The molecule has 0 saturated heterocycles.